The minimum atomic E-state index is -0.846. The van der Waals surface area contributed by atoms with Crippen LogP contribution in [-0.4, -0.2) is 42.3 Å². The van der Waals surface area contributed by atoms with E-state index in [4.69, 9.17) is 11.6 Å². The third-order valence-corrected chi connectivity index (χ3v) is 5.94. The number of benzene rings is 3. The summed E-state index contributed by atoms with van der Waals surface area (Å²) in [5.41, 5.74) is 5.07. The molecule has 0 aliphatic rings. The summed E-state index contributed by atoms with van der Waals surface area (Å²) in [6.07, 6.45) is 0.293. The maximum absolute atomic E-state index is 13.3. The first kappa shape index (κ1) is 26.0. The van der Waals surface area contributed by atoms with E-state index in [9.17, 15) is 14.4 Å². The third kappa shape index (κ3) is 7.17. The summed E-state index contributed by atoms with van der Waals surface area (Å²) >= 11 is 5.92. The maximum Gasteiger partial charge on any atom is 0.251 e. The van der Waals surface area contributed by atoms with Crippen LogP contribution in [0, 0.1) is 20.8 Å². The molecule has 0 aromatic heterocycles. The summed E-state index contributed by atoms with van der Waals surface area (Å²) in [7, 11) is 1.56. The molecular weight excluding hydrogens is 462 g/mol. The fourth-order valence-corrected chi connectivity index (χ4v) is 4.13. The van der Waals surface area contributed by atoms with Crippen LogP contribution < -0.4 is 10.6 Å². The van der Waals surface area contributed by atoms with Crippen LogP contribution in [-0.2, 0) is 16.0 Å². The Bertz CT molecular complexity index is 1190. The van der Waals surface area contributed by atoms with Gasteiger partial charge < -0.3 is 15.5 Å². The van der Waals surface area contributed by atoms with Gasteiger partial charge in [-0.3, -0.25) is 14.4 Å². The second kappa shape index (κ2) is 11.7. The summed E-state index contributed by atoms with van der Waals surface area (Å²) in [4.78, 5) is 40.3. The lowest BCUT2D eigenvalue weighted by molar-refractivity contribution is -0.135. The summed E-state index contributed by atoms with van der Waals surface area (Å²) in [5, 5.41) is 6.26. The number of hydrogen-bond donors (Lipinski definition) is 2. The molecule has 6 nitrogen and oxygen atoms in total. The zero-order valence-electron chi connectivity index (χ0n) is 20.4. The fourth-order valence-electron chi connectivity index (χ4n) is 4.01. The van der Waals surface area contributed by atoms with Crippen molar-refractivity contribution in [2.45, 2.75) is 33.2 Å². The Hall–Kier alpha value is -3.64. The van der Waals surface area contributed by atoms with Crippen LogP contribution in [0.15, 0.2) is 66.7 Å². The molecule has 2 N–H and O–H groups in total. The summed E-state index contributed by atoms with van der Waals surface area (Å²) in [6, 6.07) is 19.0. The van der Waals surface area contributed by atoms with E-state index in [-0.39, 0.29) is 24.3 Å². The normalized spacial score (nSPS) is 11.5. The zero-order chi connectivity index (χ0) is 25.5. The lowest BCUT2D eigenvalue weighted by atomic mass is 10.0. The van der Waals surface area contributed by atoms with Gasteiger partial charge in [-0.15, -0.1) is 0 Å². The van der Waals surface area contributed by atoms with Crippen molar-refractivity contribution in [2.24, 2.45) is 0 Å². The number of carbonyl (C=O) groups is 3. The summed E-state index contributed by atoms with van der Waals surface area (Å²) in [5.74, 6) is -1.05. The van der Waals surface area contributed by atoms with E-state index in [0.29, 0.717) is 17.0 Å². The molecule has 0 radical (unpaired) electrons. The van der Waals surface area contributed by atoms with Gasteiger partial charge in [-0.2, -0.15) is 0 Å². The molecule has 0 saturated carbocycles. The number of nitrogens with one attached hydrogen (secondary N) is 2. The van der Waals surface area contributed by atoms with Crippen molar-refractivity contribution in [2.75, 3.05) is 18.9 Å². The number of rotatable bonds is 8. The van der Waals surface area contributed by atoms with Gasteiger partial charge in [0.1, 0.15) is 6.04 Å². The van der Waals surface area contributed by atoms with Gasteiger partial charge >= 0.3 is 0 Å². The fraction of sp³-hybridized carbons (Fsp3) is 0.250. The first-order valence-corrected chi connectivity index (χ1v) is 11.7. The average Bonchev–Trinajstić information content (AvgIpc) is 2.81. The van der Waals surface area contributed by atoms with E-state index in [1.165, 1.54) is 4.90 Å². The highest BCUT2D eigenvalue weighted by Crippen LogP contribution is 2.22. The Labute approximate surface area is 211 Å². The highest BCUT2D eigenvalue weighted by Gasteiger charge is 2.26. The van der Waals surface area contributed by atoms with Gasteiger partial charge in [-0.05, 0) is 61.7 Å². The van der Waals surface area contributed by atoms with Gasteiger partial charge in [0.25, 0.3) is 5.91 Å². The van der Waals surface area contributed by atoms with Crippen LogP contribution >= 0.6 is 11.6 Å². The Balaban J connectivity index is 1.73. The van der Waals surface area contributed by atoms with Crippen LogP contribution in [0.1, 0.15) is 32.6 Å². The molecule has 3 aromatic rings. The van der Waals surface area contributed by atoms with E-state index >= 15 is 0 Å². The highest BCUT2D eigenvalue weighted by atomic mass is 35.5. The van der Waals surface area contributed by atoms with Crippen LogP contribution in [0.3, 0.4) is 0 Å². The first-order valence-electron chi connectivity index (χ1n) is 11.4. The van der Waals surface area contributed by atoms with Crippen molar-refractivity contribution >= 4 is 35.0 Å². The SMILES string of the molecule is Cc1cc(C)c(NC(=O)CN(C)C(=O)C(Cc2ccccc2)NC(=O)c2ccc(Cl)cc2)c(C)c1. The van der Waals surface area contributed by atoms with Gasteiger partial charge in [0.05, 0.1) is 6.54 Å². The topological polar surface area (TPSA) is 78.5 Å². The van der Waals surface area contributed by atoms with Crippen molar-refractivity contribution in [1.29, 1.82) is 0 Å². The number of anilines is 1. The smallest absolute Gasteiger partial charge is 0.251 e. The van der Waals surface area contributed by atoms with Crippen LogP contribution in [0.25, 0.3) is 0 Å². The molecule has 3 amide bonds. The molecule has 0 heterocycles. The van der Waals surface area contributed by atoms with Crippen LogP contribution in [0.5, 0.6) is 0 Å². The van der Waals surface area contributed by atoms with Crippen molar-refractivity contribution in [1.82, 2.24) is 10.2 Å². The second-order valence-corrected chi connectivity index (χ2v) is 9.18. The number of likely N-dealkylation sites (N-methyl/N-ethyl adjacent to an activating group) is 1. The maximum atomic E-state index is 13.3. The Kier molecular flexibility index (Phi) is 8.66. The molecule has 0 spiro atoms. The predicted molar refractivity (Wildman–Crippen MR) is 140 cm³/mol. The Morgan fingerprint density at radius 3 is 2.11 bits per heavy atom. The summed E-state index contributed by atoms with van der Waals surface area (Å²) < 4.78 is 0. The average molecular weight is 492 g/mol. The Morgan fingerprint density at radius 2 is 1.51 bits per heavy atom. The Morgan fingerprint density at radius 1 is 0.914 bits per heavy atom. The van der Waals surface area contributed by atoms with Gasteiger partial charge in [-0.25, -0.2) is 0 Å². The molecule has 1 atom stereocenters. The van der Waals surface area contributed by atoms with Gasteiger partial charge in [0.15, 0.2) is 0 Å². The lowest BCUT2D eigenvalue weighted by Crippen LogP contribution is -2.50. The molecule has 0 fully saturated rings. The highest BCUT2D eigenvalue weighted by molar-refractivity contribution is 6.30. The third-order valence-electron chi connectivity index (χ3n) is 5.69. The van der Waals surface area contributed by atoms with E-state index in [0.717, 1.165) is 27.9 Å². The molecule has 0 aliphatic heterocycles. The molecular formula is C28H30ClN3O3. The van der Waals surface area contributed by atoms with Crippen molar-refractivity contribution in [3.8, 4) is 0 Å². The van der Waals surface area contributed by atoms with Gasteiger partial charge in [0.2, 0.25) is 11.8 Å². The number of amides is 3. The van der Waals surface area contributed by atoms with Crippen LogP contribution in [0.4, 0.5) is 5.69 Å². The number of nitrogens with zero attached hydrogens (tertiary/aromatic N) is 1. The largest absolute Gasteiger partial charge is 0.340 e. The first-order chi connectivity index (χ1) is 16.6. The minimum Gasteiger partial charge on any atom is -0.340 e. The monoisotopic (exact) mass is 491 g/mol. The standard InChI is InChI=1S/C28H30ClN3O3/c1-18-14-19(2)26(20(3)15-18)31-25(33)17-32(4)28(35)24(16-21-8-6-5-7-9-21)30-27(34)22-10-12-23(29)13-11-22/h5-15,24H,16-17H2,1-4H3,(H,30,34)(H,31,33). The van der Waals surface area contributed by atoms with Gasteiger partial charge in [-0.1, -0.05) is 59.6 Å². The molecule has 1 unspecified atom stereocenters. The van der Waals surface area contributed by atoms with Crippen molar-refractivity contribution in [3.05, 3.63) is 99.6 Å². The number of aryl methyl sites for hydroxylation is 3. The van der Waals surface area contributed by atoms with E-state index in [1.54, 1.807) is 31.3 Å². The quantitative estimate of drug-likeness (QED) is 0.479. The molecule has 0 saturated heterocycles. The summed E-state index contributed by atoms with van der Waals surface area (Å²) in [6.45, 7) is 5.73. The van der Waals surface area contributed by atoms with E-state index in [1.807, 2.05) is 63.2 Å². The lowest BCUT2D eigenvalue weighted by Gasteiger charge is -2.25. The molecule has 7 heteroatoms. The second-order valence-electron chi connectivity index (χ2n) is 8.74. The van der Waals surface area contributed by atoms with E-state index in [2.05, 4.69) is 10.6 Å². The van der Waals surface area contributed by atoms with Crippen molar-refractivity contribution < 1.29 is 14.4 Å². The molecule has 0 bridgehead atoms. The number of halogens is 1. The molecule has 35 heavy (non-hydrogen) atoms. The predicted octanol–water partition coefficient (Wildman–Crippen LogP) is 4.70. The minimum absolute atomic E-state index is 0.145. The molecule has 182 valence electrons. The van der Waals surface area contributed by atoms with E-state index < -0.39 is 6.04 Å². The van der Waals surface area contributed by atoms with Crippen molar-refractivity contribution in [3.63, 3.8) is 0 Å². The zero-order valence-corrected chi connectivity index (χ0v) is 21.1. The number of carbonyl (C=O) groups excluding carboxylic acids is 3. The van der Waals surface area contributed by atoms with Gasteiger partial charge in [0, 0.05) is 29.7 Å². The van der Waals surface area contributed by atoms with Crippen LogP contribution in [0.2, 0.25) is 5.02 Å². The molecule has 3 aromatic carbocycles. The molecule has 0 aliphatic carbocycles. The molecule has 3 rings (SSSR count). The number of hydrogen-bond acceptors (Lipinski definition) is 3.